The Morgan fingerprint density at radius 3 is 2.30 bits per heavy atom. The normalized spacial score (nSPS) is 18.0. The van der Waals surface area contributed by atoms with Gasteiger partial charge >= 0.3 is 12.0 Å². The molecule has 1 saturated heterocycles. The Morgan fingerprint density at radius 1 is 0.900 bits per heavy atom. The van der Waals surface area contributed by atoms with Crippen LogP contribution in [0.25, 0.3) is 0 Å². The Bertz CT molecular complexity index is 1450. The minimum atomic E-state index is -1.02. The van der Waals surface area contributed by atoms with Gasteiger partial charge in [0.25, 0.3) is 0 Å². The number of piperidine rings is 1. The van der Waals surface area contributed by atoms with Crippen LogP contribution in [0, 0.1) is 5.92 Å². The molecule has 14 nitrogen and oxygen atoms in total. The molecule has 2 aromatic heterocycles. The van der Waals surface area contributed by atoms with Crippen LogP contribution in [0.3, 0.4) is 0 Å². The lowest BCUT2D eigenvalue weighted by molar-refractivity contribution is -0.131. The SMILES string of the molecule is NC1CCN(C(=O)N[C@@H](Cc2ccccc2)C(=O)N[C@@H](Cc2c[nH]cn2)C(=O)N[C@@H](CC2CCCCC2)[C@@H](O)CCOc2ncccn2)CC1. The van der Waals surface area contributed by atoms with Crippen molar-refractivity contribution in [2.75, 3.05) is 19.7 Å². The summed E-state index contributed by atoms with van der Waals surface area (Å²) in [7, 11) is 0. The third-order valence-electron chi connectivity index (χ3n) is 9.62. The average molecular weight is 690 g/mol. The Balaban J connectivity index is 1.30. The van der Waals surface area contributed by atoms with Crippen molar-refractivity contribution in [3.8, 4) is 6.01 Å². The van der Waals surface area contributed by atoms with Gasteiger partial charge in [-0.2, -0.15) is 0 Å². The van der Waals surface area contributed by atoms with Crippen molar-refractivity contribution < 1.29 is 24.2 Å². The van der Waals surface area contributed by atoms with E-state index in [1.165, 1.54) is 12.7 Å². The molecule has 0 spiro atoms. The van der Waals surface area contributed by atoms with Crippen molar-refractivity contribution in [3.63, 3.8) is 0 Å². The zero-order chi connectivity index (χ0) is 35.1. The molecule has 7 N–H and O–H groups in total. The second-order valence-corrected chi connectivity index (χ2v) is 13.4. The van der Waals surface area contributed by atoms with Crippen LogP contribution in [0.1, 0.15) is 69.0 Å². The van der Waals surface area contributed by atoms with E-state index in [0.29, 0.717) is 44.0 Å². The molecule has 1 aliphatic heterocycles. The molecule has 0 radical (unpaired) electrons. The Kier molecular flexibility index (Phi) is 13.9. The van der Waals surface area contributed by atoms with Gasteiger partial charge in [0, 0.05) is 57.0 Å². The predicted molar refractivity (Wildman–Crippen MR) is 187 cm³/mol. The topological polar surface area (TPSA) is 200 Å². The fraction of sp³-hybridized carbons (Fsp3) is 0.556. The molecule has 4 atom stereocenters. The number of likely N-dealkylation sites (tertiary alicyclic amines) is 1. The molecule has 1 saturated carbocycles. The number of hydrogen-bond donors (Lipinski definition) is 6. The van der Waals surface area contributed by atoms with Crippen molar-refractivity contribution in [1.82, 2.24) is 40.8 Å². The molecule has 2 aliphatic rings. The van der Waals surface area contributed by atoms with Gasteiger partial charge in [-0.3, -0.25) is 9.59 Å². The number of nitrogens with one attached hydrogen (secondary N) is 4. The lowest BCUT2D eigenvalue weighted by Gasteiger charge is -2.32. The van der Waals surface area contributed by atoms with E-state index < -0.39 is 36.0 Å². The number of hydrogen-bond acceptors (Lipinski definition) is 9. The number of ether oxygens (including phenoxy) is 1. The summed E-state index contributed by atoms with van der Waals surface area (Å²) in [6.45, 7) is 1.18. The highest BCUT2D eigenvalue weighted by Gasteiger charge is 2.33. The molecule has 14 heteroatoms. The van der Waals surface area contributed by atoms with Gasteiger partial charge in [0.15, 0.2) is 0 Å². The quantitative estimate of drug-likeness (QED) is 0.131. The largest absolute Gasteiger partial charge is 0.463 e. The third kappa shape index (κ3) is 11.5. The van der Waals surface area contributed by atoms with Crippen LogP contribution in [-0.2, 0) is 22.4 Å². The molecule has 1 aromatic carbocycles. The zero-order valence-electron chi connectivity index (χ0n) is 28.6. The van der Waals surface area contributed by atoms with Crippen LogP contribution in [0.5, 0.6) is 6.01 Å². The maximum absolute atomic E-state index is 14.1. The van der Waals surface area contributed by atoms with Crippen molar-refractivity contribution in [2.45, 2.75) is 101 Å². The number of aliphatic hydroxyl groups excluding tert-OH is 1. The standard InChI is InChI=1S/C36H51N9O5/c37-27-12-17-45(18-13-27)36(49)44-30(21-26-10-5-2-6-11-26)33(47)43-31(22-28-23-38-24-41-28)34(48)42-29(20-25-8-3-1-4-9-25)32(46)14-19-50-35-39-15-7-16-40-35/h2,5-7,10-11,15-16,23-25,27,29-32,46H,1,3-4,8-9,12-14,17-22,37H2,(H,38,41)(H,42,48)(H,43,47)(H,44,49)/t29-,30-,31-,32-/m0/s1. The van der Waals surface area contributed by atoms with Crippen LogP contribution >= 0.6 is 0 Å². The molecule has 270 valence electrons. The highest BCUT2D eigenvalue weighted by Crippen LogP contribution is 2.28. The second-order valence-electron chi connectivity index (χ2n) is 13.4. The van der Waals surface area contributed by atoms with Crippen LogP contribution in [-0.4, -0.2) is 97.8 Å². The lowest BCUT2D eigenvalue weighted by atomic mass is 9.83. The Hall–Kier alpha value is -4.56. The van der Waals surface area contributed by atoms with Gasteiger partial charge in [0.05, 0.1) is 30.8 Å². The average Bonchev–Trinajstić information content (AvgIpc) is 3.65. The summed E-state index contributed by atoms with van der Waals surface area (Å²) in [5, 5.41) is 20.3. The summed E-state index contributed by atoms with van der Waals surface area (Å²) in [5.41, 5.74) is 7.49. The highest BCUT2D eigenvalue weighted by atomic mass is 16.5. The summed E-state index contributed by atoms with van der Waals surface area (Å²) < 4.78 is 5.64. The number of aromatic amines is 1. The monoisotopic (exact) mass is 689 g/mol. The van der Waals surface area contributed by atoms with Gasteiger partial charge in [-0.05, 0) is 36.8 Å². The molecule has 50 heavy (non-hydrogen) atoms. The number of benzene rings is 1. The van der Waals surface area contributed by atoms with Crippen molar-refractivity contribution in [2.24, 2.45) is 11.7 Å². The maximum Gasteiger partial charge on any atom is 0.318 e. The number of nitrogens with zero attached hydrogens (tertiary/aromatic N) is 4. The summed E-state index contributed by atoms with van der Waals surface area (Å²) in [4.78, 5) is 58.5. The number of aromatic nitrogens is 4. The third-order valence-corrected chi connectivity index (χ3v) is 9.62. The van der Waals surface area contributed by atoms with E-state index in [9.17, 15) is 19.5 Å². The molecule has 0 unspecified atom stereocenters. The van der Waals surface area contributed by atoms with Gasteiger partial charge in [0.2, 0.25) is 11.8 Å². The van der Waals surface area contributed by atoms with Crippen LogP contribution < -0.4 is 26.4 Å². The van der Waals surface area contributed by atoms with Gasteiger partial charge in [-0.1, -0.05) is 62.4 Å². The van der Waals surface area contributed by atoms with E-state index in [0.717, 1.165) is 31.2 Å². The summed E-state index contributed by atoms with van der Waals surface area (Å²) in [5.74, 6) is -0.577. The van der Waals surface area contributed by atoms with Crippen LogP contribution in [0.4, 0.5) is 4.79 Å². The number of carbonyl (C=O) groups is 3. The zero-order valence-corrected chi connectivity index (χ0v) is 28.6. The van der Waals surface area contributed by atoms with E-state index in [2.05, 4.69) is 35.9 Å². The smallest absolute Gasteiger partial charge is 0.318 e. The molecule has 3 heterocycles. The van der Waals surface area contributed by atoms with Crippen molar-refractivity contribution in [1.29, 1.82) is 0 Å². The fourth-order valence-electron chi connectivity index (χ4n) is 6.70. The number of H-pyrrole nitrogens is 1. The summed E-state index contributed by atoms with van der Waals surface area (Å²) in [6.07, 6.45) is 13.5. The van der Waals surface area contributed by atoms with E-state index in [1.54, 1.807) is 29.6 Å². The van der Waals surface area contributed by atoms with Gasteiger partial charge < -0.3 is 41.4 Å². The molecule has 0 bridgehead atoms. The van der Waals surface area contributed by atoms with Gasteiger partial charge in [0.1, 0.15) is 12.1 Å². The number of imidazole rings is 1. The lowest BCUT2D eigenvalue weighted by Crippen LogP contribution is -2.59. The first-order chi connectivity index (χ1) is 24.3. The highest BCUT2D eigenvalue weighted by molar-refractivity contribution is 5.92. The van der Waals surface area contributed by atoms with Gasteiger partial charge in [-0.15, -0.1) is 0 Å². The van der Waals surface area contributed by atoms with E-state index >= 15 is 0 Å². The second kappa shape index (κ2) is 19.0. The van der Waals surface area contributed by atoms with E-state index in [-0.39, 0.29) is 44.0 Å². The number of aliphatic hydroxyl groups is 1. The van der Waals surface area contributed by atoms with Crippen LogP contribution in [0.15, 0.2) is 61.3 Å². The molecule has 2 fully saturated rings. The molecule has 1 aliphatic carbocycles. The molecular formula is C36H51N9O5. The number of rotatable bonds is 16. The Labute approximate surface area is 293 Å². The van der Waals surface area contributed by atoms with Crippen molar-refractivity contribution in [3.05, 3.63) is 72.6 Å². The van der Waals surface area contributed by atoms with E-state index in [4.69, 9.17) is 10.5 Å². The molecular weight excluding hydrogens is 638 g/mol. The minimum absolute atomic E-state index is 0.0506. The van der Waals surface area contributed by atoms with E-state index in [1.807, 2.05) is 30.3 Å². The maximum atomic E-state index is 14.1. The Morgan fingerprint density at radius 2 is 1.60 bits per heavy atom. The summed E-state index contributed by atoms with van der Waals surface area (Å²) >= 11 is 0. The fourth-order valence-corrected chi connectivity index (χ4v) is 6.70. The number of amides is 4. The first kappa shape index (κ1) is 36.7. The van der Waals surface area contributed by atoms with Gasteiger partial charge in [-0.25, -0.2) is 19.7 Å². The number of urea groups is 1. The molecule has 3 aromatic rings. The van der Waals surface area contributed by atoms with Crippen molar-refractivity contribution >= 4 is 17.8 Å². The minimum Gasteiger partial charge on any atom is -0.463 e. The number of carbonyl (C=O) groups excluding carboxylic acids is 3. The summed E-state index contributed by atoms with van der Waals surface area (Å²) in [6, 6.07) is 8.50. The first-order valence-electron chi connectivity index (χ1n) is 17.8. The predicted octanol–water partition coefficient (Wildman–Crippen LogP) is 2.26. The molecule has 4 amide bonds. The number of nitrogens with two attached hydrogens (primary N) is 1. The first-order valence-corrected chi connectivity index (χ1v) is 17.8. The molecule has 5 rings (SSSR count). The van der Waals surface area contributed by atoms with Crippen LogP contribution in [0.2, 0.25) is 0 Å².